The molecule has 0 aliphatic rings. The zero-order valence-corrected chi connectivity index (χ0v) is 14.8. The molecule has 2 aromatic heterocycles. The van der Waals surface area contributed by atoms with Crippen molar-refractivity contribution in [1.29, 1.82) is 0 Å². The summed E-state index contributed by atoms with van der Waals surface area (Å²) in [4.78, 5) is 16.1. The number of hydrogen-bond acceptors (Lipinski definition) is 3. The van der Waals surface area contributed by atoms with Gasteiger partial charge in [-0.15, -0.1) is 0 Å². The number of fused-ring (bicyclic) bond motifs is 1. The van der Waals surface area contributed by atoms with Crippen molar-refractivity contribution < 1.29 is 17.6 Å². The lowest BCUT2D eigenvalue weighted by Crippen LogP contribution is -2.07. The number of hydrogen-bond donors (Lipinski definition) is 1. The van der Waals surface area contributed by atoms with Crippen LogP contribution in [0.4, 0.5) is 17.6 Å². The molecule has 8 heteroatoms. The third-order valence-corrected chi connectivity index (χ3v) is 4.51. The van der Waals surface area contributed by atoms with Gasteiger partial charge >= 0.3 is 6.18 Å². The van der Waals surface area contributed by atoms with Crippen LogP contribution in [0.25, 0.3) is 21.9 Å². The summed E-state index contributed by atoms with van der Waals surface area (Å²) in [6.45, 7) is 0. The fourth-order valence-electron chi connectivity index (χ4n) is 3.24. The van der Waals surface area contributed by atoms with E-state index in [0.717, 1.165) is 23.3 Å². The summed E-state index contributed by atoms with van der Waals surface area (Å²) in [7, 11) is 0. The Bertz CT molecular complexity index is 1260. The highest BCUT2D eigenvalue weighted by atomic mass is 19.4. The van der Waals surface area contributed by atoms with Gasteiger partial charge in [0, 0.05) is 23.7 Å². The Kier molecular flexibility index (Phi) is 4.62. The largest absolute Gasteiger partial charge is 0.416 e. The summed E-state index contributed by atoms with van der Waals surface area (Å²) in [5.74, 6) is -0.953. The molecule has 0 saturated heterocycles. The second-order valence-corrected chi connectivity index (χ2v) is 6.52. The molecule has 2 heterocycles. The van der Waals surface area contributed by atoms with Crippen molar-refractivity contribution in [3.05, 3.63) is 93.9 Å². The molecule has 0 saturated carbocycles. The van der Waals surface area contributed by atoms with E-state index in [4.69, 9.17) is 0 Å². The minimum atomic E-state index is -4.63. The van der Waals surface area contributed by atoms with Gasteiger partial charge in [-0.3, -0.25) is 9.78 Å². The molecular formula is C21H13F4N3O. The Morgan fingerprint density at radius 2 is 1.83 bits per heavy atom. The van der Waals surface area contributed by atoms with E-state index in [1.165, 1.54) is 12.4 Å². The van der Waals surface area contributed by atoms with Crippen molar-refractivity contribution >= 4 is 10.8 Å². The Morgan fingerprint density at radius 3 is 2.62 bits per heavy atom. The highest BCUT2D eigenvalue weighted by molar-refractivity contribution is 5.95. The van der Waals surface area contributed by atoms with Crippen molar-refractivity contribution in [2.24, 2.45) is 0 Å². The molecule has 4 aromatic rings. The van der Waals surface area contributed by atoms with Crippen LogP contribution in [-0.4, -0.2) is 15.2 Å². The molecule has 4 nitrogen and oxygen atoms in total. The Morgan fingerprint density at radius 1 is 1.00 bits per heavy atom. The SMILES string of the molecule is O=c1[nH]ncc2c(-c3ccnc(Cc4cc(F)cc(C(F)(F)F)c4)c3)cccc12. The predicted octanol–water partition coefficient (Wildman–Crippen LogP) is 4.73. The normalized spacial score (nSPS) is 11.7. The van der Waals surface area contributed by atoms with Crippen molar-refractivity contribution in [3.63, 3.8) is 0 Å². The average Bonchev–Trinajstić information content (AvgIpc) is 2.67. The standard InChI is InChI=1S/C21H13F4N3O/c22-15-7-12(6-14(10-15)21(23,24)25)8-16-9-13(4-5-26-16)17-2-1-3-18-19(17)11-27-28-20(18)29/h1-7,9-11H,8H2,(H,28,29). The maximum atomic E-state index is 13.7. The molecule has 29 heavy (non-hydrogen) atoms. The van der Waals surface area contributed by atoms with E-state index in [1.807, 2.05) is 6.07 Å². The number of rotatable bonds is 3. The second-order valence-electron chi connectivity index (χ2n) is 6.52. The van der Waals surface area contributed by atoms with Crippen LogP contribution < -0.4 is 5.56 Å². The molecule has 4 rings (SSSR count). The molecule has 0 spiro atoms. The number of halogens is 4. The van der Waals surface area contributed by atoms with Crippen LogP contribution in [0.3, 0.4) is 0 Å². The lowest BCUT2D eigenvalue weighted by molar-refractivity contribution is -0.137. The van der Waals surface area contributed by atoms with Gasteiger partial charge in [0.2, 0.25) is 0 Å². The molecule has 0 fully saturated rings. The van der Waals surface area contributed by atoms with Crippen LogP contribution >= 0.6 is 0 Å². The maximum Gasteiger partial charge on any atom is 0.416 e. The first kappa shape index (κ1) is 18.8. The van der Waals surface area contributed by atoms with Gasteiger partial charge in [-0.1, -0.05) is 12.1 Å². The first-order valence-corrected chi connectivity index (χ1v) is 8.59. The smallest absolute Gasteiger partial charge is 0.267 e. The minimum absolute atomic E-state index is 0.0261. The summed E-state index contributed by atoms with van der Waals surface area (Å²) in [5.41, 5.74) is 0.732. The Labute approximate surface area is 161 Å². The molecular weight excluding hydrogens is 386 g/mol. The number of H-pyrrole nitrogens is 1. The lowest BCUT2D eigenvalue weighted by atomic mass is 9.99. The van der Waals surface area contributed by atoms with Gasteiger partial charge < -0.3 is 0 Å². The highest BCUT2D eigenvalue weighted by Gasteiger charge is 2.31. The molecule has 1 N–H and O–H groups in total. The molecule has 0 radical (unpaired) electrons. The minimum Gasteiger partial charge on any atom is -0.267 e. The fraction of sp³-hybridized carbons (Fsp3) is 0.0952. The van der Waals surface area contributed by atoms with Gasteiger partial charge in [-0.2, -0.15) is 18.3 Å². The first-order chi connectivity index (χ1) is 13.8. The number of aromatic amines is 1. The number of alkyl halides is 3. The molecule has 0 amide bonds. The second kappa shape index (κ2) is 7.12. The van der Waals surface area contributed by atoms with Crippen molar-refractivity contribution in [3.8, 4) is 11.1 Å². The van der Waals surface area contributed by atoms with Crippen LogP contribution in [0, 0.1) is 5.82 Å². The zero-order valence-electron chi connectivity index (χ0n) is 14.8. The summed E-state index contributed by atoms with van der Waals surface area (Å²) in [6, 6.07) is 11.1. The van der Waals surface area contributed by atoms with Crippen LogP contribution in [0.15, 0.2) is 65.7 Å². The Hall–Kier alpha value is -3.55. The summed E-state index contributed by atoms with van der Waals surface area (Å²) in [6.07, 6.45) is -1.55. The third-order valence-electron chi connectivity index (χ3n) is 4.51. The van der Waals surface area contributed by atoms with Crippen molar-refractivity contribution in [2.45, 2.75) is 12.6 Å². The monoisotopic (exact) mass is 399 g/mol. The Balaban J connectivity index is 1.74. The van der Waals surface area contributed by atoms with Gasteiger partial charge in [-0.05, 0) is 53.1 Å². The van der Waals surface area contributed by atoms with Gasteiger partial charge in [0.15, 0.2) is 0 Å². The molecule has 0 bridgehead atoms. The third kappa shape index (κ3) is 3.87. The van der Waals surface area contributed by atoms with E-state index >= 15 is 0 Å². The summed E-state index contributed by atoms with van der Waals surface area (Å²) >= 11 is 0. The topological polar surface area (TPSA) is 58.6 Å². The quantitative estimate of drug-likeness (QED) is 0.507. The van der Waals surface area contributed by atoms with Crippen molar-refractivity contribution in [2.75, 3.05) is 0 Å². The highest BCUT2D eigenvalue weighted by Crippen LogP contribution is 2.31. The lowest BCUT2D eigenvalue weighted by Gasteiger charge is -2.10. The number of nitrogens with one attached hydrogen (secondary N) is 1. The van der Waals surface area contributed by atoms with Gasteiger partial charge in [0.05, 0.1) is 17.1 Å². The first-order valence-electron chi connectivity index (χ1n) is 8.59. The van der Waals surface area contributed by atoms with E-state index < -0.39 is 17.6 Å². The van der Waals surface area contributed by atoms with E-state index in [1.54, 1.807) is 24.3 Å². The van der Waals surface area contributed by atoms with E-state index in [0.29, 0.717) is 22.5 Å². The molecule has 0 aliphatic carbocycles. The van der Waals surface area contributed by atoms with Crippen LogP contribution in [0.1, 0.15) is 16.8 Å². The van der Waals surface area contributed by atoms with Crippen molar-refractivity contribution in [1.82, 2.24) is 15.2 Å². The van der Waals surface area contributed by atoms with Crippen LogP contribution in [0.2, 0.25) is 0 Å². The van der Waals surface area contributed by atoms with Gasteiger partial charge in [0.1, 0.15) is 5.82 Å². The maximum absolute atomic E-state index is 13.7. The number of aromatic nitrogens is 3. The predicted molar refractivity (Wildman–Crippen MR) is 99.8 cm³/mol. The van der Waals surface area contributed by atoms with E-state index in [9.17, 15) is 22.4 Å². The summed E-state index contributed by atoms with van der Waals surface area (Å²) < 4.78 is 52.5. The molecule has 146 valence electrons. The van der Waals surface area contributed by atoms with E-state index in [2.05, 4.69) is 15.2 Å². The number of pyridine rings is 1. The number of benzene rings is 2. The summed E-state index contributed by atoms with van der Waals surface area (Å²) in [5, 5.41) is 7.31. The van der Waals surface area contributed by atoms with E-state index in [-0.39, 0.29) is 17.5 Å². The van der Waals surface area contributed by atoms with Crippen LogP contribution in [0.5, 0.6) is 0 Å². The zero-order chi connectivity index (χ0) is 20.6. The molecule has 0 aliphatic heterocycles. The number of nitrogens with zero attached hydrogens (tertiary/aromatic N) is 2. The van der Waals surface area contributed by atoms with Gasteiger partial charge in [0.25, 0.3) is 5.56 Å². The molecule has 2 aromatic carbocycles. The molecule has 0 unspecified atom stereocenters. The fourth-order valence-corrected chi connectivity index (χ4v) is 3.24. The van der Waals surface area contributed by atoms with Crippen LogP contribution in [-0.2, 0) is 12.6 Å². The molecule has 0 atom stereocenters. The average molecular weight is 399 g/mol. The van der Waals surface area contributed by atoms with Gasteiger partial charge in [-0.25, -0.2) is 9.49 Å².